The van der Waals surface area contributed by atoms with Gasteiger partial charge in [0.1, 0.15) is 12.3 Å². The Hall–Kier alpha value is -2.88. The lowest BCUT2D eigenvalue weighted by molar-refractivity contribution is -0.388. The van der Waals surface area contributed by atoms with E-state index in [1.807, 2.05) is 30.3 Å². The highest BCUT2D eigenvalue weighted by Crippen LogP contribution is 2.45. The van der Waals surface area contributed by atoms with E-state index in [0.717, 1.165) is 23.4 Å². The molecule has 0 aliphatic carbocycles. The van der Waals surface area contributed by atoms with Gasteiger partial charge in [0.2, 0.25) is 0 Å². The monoisotopic (exact) mass is 409 g/mol. The molecule has 3 rings (SSSR count). The molecule has 0 fully saturated rings. The van der Waals surface area contributed by atoms with Crippen LogP contribution < -0.4 is 0 Å². The summed E-state index contributed by atoms with van der Waals surface area (Å²) >= 11 is 0.886. The molecule has 0 amide bonds. The Morgan fingerprint density at radius 3 is 2.54 bits per heavy atom. The molecule has 1 atom stereocenters. The van der Waals surface area contributed by atoms with Gasteiger partial charge in [-0.2, -0.15) is 13.2 Å². The van der Waals surface area contributed by atoms with Gasteiger partial charge in [-0.05, 0) is 23.4 Å². The van der Waals surface area contributed by atoms with E-state index < -0.39 is 28.4 Å². The molecular formula is C18H14F3N3O3S. The molecule has 146 valence electrons. The Balaban J connectivity index is 2.02. The molecule has 1 aliphatic rings. The van der Waals surface area contributed by atoms with E-state index in [-0.39, 0.29) is 10.5 Å². The van der Waals surface area contributed by atoms with Crippen molar-refractivity contribution >= 4 is 28.9 Å². The smallest absolute Gasteiger partial charge is 0.350 e. The molecule has 0 saturated heterocycles. The Bertz CT molecular complexity index is 948. The van der Waals surface area contributed by atoms with Crippen LogP contribution in [0.5, 0.6) is 0 Å². The van der Waals surface area contributed by atoms with E-state index in [2.05, 4.69) is 4.99 Å². The first-order valence-corrected chi connectivity index (χ1v) is 8.88. The van der Waals surface area contributed by atoms with Gasteiger partial charge < -0.3 is 9.69 Å². The predicted molar refractivity (Wildman–Crippen MR) is 98.1 cm³/mol. The summed E-state index contributed by atoms with van der Waals surface area (Å²) in [7, 11) is 1.70. The molecule has 0 radical (unpaired) electrons. The number of hydrogen-bond donors (Lipinski definition) is 0. The second-order valence-electron chi connectivity index (χ2n) is 6.10. The zero-order valence-electron chi connectivity index (χ0n) is 14.5. The maximum atomic E-state index is 13.1. The number of hydrogen-bond acceptors (Lipinski definition) is 6. The van der Waals surface area contributed by atoms with Gasteiger partial charge in [-0.15, -0.1) is 0 Å². The molecule has 0 bridgehead atoms. The molecule has 0 N–H and O–H groups in total. The molecule has 0 aromatic heterocycles. The second kappa shape index (κ2) is 7.63. The Labute approximate surface area is 162 Å². The Kier molecular flexibility index (Phi) is 5.41. The topological polar surface area (TPSA) is 75.8 Å². The average molecular weight is 409 g/mol. The van der Waals surface area contributed by atoms with Crippen molar-refractivity contribution < 1.29 is 22.9 Å². The minimum Gasteiger partial charge on any atom is -0.350 e. The number of aldehydes is 1. The number of carbonyl (C=O) groups is 1. The van der Waals surface area contributed by atoms with Gasteiger partial charge >= 0.3 is 6.18 Å². The molecule has 1 heterocycles. The molecule has 0 saturated carbocycles. The summed E-state index contributed by atoms with van der Waals surface area (Å²) in [6, 6.07) is 9.33. The van der Waals surface area contributed by atoms with Crippen LogP contribution in [0.2, 0.25) is 0 Å². The van der Waals surface area contributed by atoms with Gasteiger partial charge in [0, 0.05) is 25.2 Å². The molecule has 6 nitrogen and oxygen atoms in total. The Morgan fingerprint density at radius 1 is 1.29 bits per heavy atom. The number of aliphatic imine (C=N–C) groups is 1. The van der Waals surface area contributed by atoms with E-state index in [4.69, 9.17) is 0 Å². The normalized spacial score (nSPS) is 16.1. The van der Waals surface area contributed by atoms with Crippen LogP contribution in [-0.2, 0) is 17.5 Å². The highest BCUT2D eigenvalue weighted by molar-refractivity contribution is 8.14. The molecule has 2 aromatic carbocycles. The van der Waals surface area contributed by atoms with Gasteiger partial charge in [-0.3, -0.25) is 10.1 Å². The van der Waals surface area contributed by atoms with Gasteiger partial charge in [0.05, 0.1) is 15.4 Å². The van der Waals surface area contributed by atoms with Crippen molar-refractivity contribution in [1.29, 1.82) is 0 Å². The van der Waals surface area contributed by atoms with Crippen LogP contribution in [0.3, 0.4) is 0 Å². The lowest BCUT2D eigenvalue weighted by Crippen LogP contribution is -2.27. The van der Waals surface area contributed by atoms with Crippen LogP contribution in [0.1, 0.15) is 22.7 Å². The number of rotatable bonds is 4. The number of nitrogens with zero attached hydrogens (tertiary/aromatic N) is 3. The van der Waals surface area contributed by atoms with Crippen LogP contribution in [0.4, 0.5) is 18.9 Å². The molecule has 1 aliphatic heterocycles. The molecule has 1 unspecified atom stereocenters. The number of carbonyl (C=O) groups excluding carboxylic acids is 1. The summed E-state index contributed by atoms with van der Waals surface area (Å²) in [6.07, 6.45) is -4.38. The van der Waals surface area contributed by atoms with E-state index in [1.54, 1.807) is 11.9 Å². The zero-order chi connectivity index (χ0) is 20.5. The SMILES string of the molecule is CN(Cc1ccccc1)C1=NC(C=O)c2cc(C(F)(F)F)cc([N+](=O)[O-])c2S1. The highest BCUT2D eigenvalue weighted by atomic mass is 32.2. The fourth-order valence-electron chi connectivity index (χ4n) is 2.78. The minimum atomic E-state index is -4.77. The van der Waals surface area contributed by atoms with E-state index >= 15 is 0 Å². The van der Waals surface area contributed by atoms with Crippen LogP contribution in [0, 0.1) is 10.1 Å². The van der Waals surface area contributed by atoms with Crippen LogP contribution in [-0.4, -0.2) is 28.3 Å². The van der Waals surface area contributed by atoms with Crippen LogP contribution in [0.25, 0.3) is 0 Å². The number of nitro groups is 1. The third-order valence-electron chi connectivity index (χ3n) is 4.10. The molecule has 28 heavy (non-hydrogen) atoms. The number of halogens is 3. The number of alkyl halides is 3. The standard InChI is InChI=1S/C18H14F3N3O3S/c1-23(9-11-5-3-2-4-6-11)17-22-14(10-25)13-7-12(18(19,20)21)8-15(24(26)27)16(13)28-17/h2-8,10,14H,9H2,1H3. The molecule has 10 heteroatoms. The van der Waals surface area contributed by atoms with Crippen LogP contribution >= 0.6 is 11.8 Å². The van der Waals surface area contributed by atoms with Gasteiger partial charge in [-0.1, -0.05) is 30.3 Å². The maximum Gasteiger partial charge on any atom is 0.416 e. The van der Waals surface area contributed by atoms with Crippen molar-refractivity contribution in [3.63, 3.8) is 0 Å². The Morgan fingerprint density at radius 2 is 1.96 bits per heavy atom. The summed E-state index contributed by atoms with van der Waals surface area (Å²) in [4.78, 5) is 27.9. The summed E-state index contributed by atoms with van der Waals surface area (Å²) in [6.45, 7) is 0.419. The summed E-state index contributed by atoms with van der Waals surface area (Å²) in [5.74, 6) is 0. The van der Waals surface area contributed by atoms with Crippen molar-refractivity contribution in [2.75, 3.05) is 7.05 Å². The first-order chi connectivity index (χ1) is 13.2. The predicted octanol–water partition coefficient (Wildman–Crippen LogP) is 4.45. The maximum absolute atomic E-state index is 13.1. The van der Waals surface area contributed by atoms with E-state index in [0.29, 0.717) is 24.1 Å². The molecular weight excluding hydrogens is 395 g/mol. The number of nitro benzene ring substituents is 1. The lowest BCUT2D eigenvalue weighted by Gasteiger charge is -2.27. The van der Waals surface area contributed by atoms with Gasteiger partial charge in [0.15, 0.2) is 5.17 Å². The third-order valence-corrected chi connectivity index (χ3v) is 5.35. The number of amidine groups is 1. The average Bonchev–Trinajstić information content (AvgIpc) is 2.66. The third kappa shape index (κ3) is 4.01. The summed E-state index contributed by atoms with van der Waals surface area (Å²) < 4.78 is 39.4. The molecule has 2 aromatic rings. The fraction of sp³-hybridized carbons (Fsp3) is 0.222. The quantitative estimate of drug-likeness (QED) is 0.424. The van der Waals surface area contributed by atoms with E-state index in [9.17, 15) is 28.1 Å². The number of benzene rings is 2. The van der Waals surface area contributed by atoms with Crippen molar-refractivity contribution in [2.24, 2.45) is 4.99 Å². The second-order valence-corrected chi connectivity index (χ2v) is 7.08. The summed E-state index contributed by atoms with van der Waals surface area (Å²) in [5.41, 5.74) is -1.04. The zero-order valence-corrected chi connectivity index (χ0v) is 15.3. The summed E-state index contributed by atoms with van der Waals surface area (Å²) in [5, 5.41) is 11.7. The lowest BCUT2D eigenvalue weighted by atomic mass is 10.0. The van der Waals surface area contributed by atoms with Crippen LogP contribution in [0.15, 0.2) is 52.4 Å². The van der Waals surface area contributed by atoms with Crippen molar-refractivity contribution in [3.8, 4) is 0 Å². The van der Waals surface area contributed by atoms with Gasteiger partial charge in [-0.25, -0.2) is 4.99 Å². The first-order valence-electron chi connectivity index (χ1n) is 8.06. The fourth-order valence-corrected chi connectivity index (χ4v) is 3.88. The molecule has 0 spiro atoms. The van der Waals surface area contributed by atoms with Gasteiger partial charge in [0.25, 0.3) is 5.69 Å². The van der Waals surface area contributed by atoms with Crippen molar-refractivity contribution in [3.05, 3.63) is 69.3 Å². The number of thioether (sulfide) groups is 1. The first kappa shape index (κ1) is 19.9. The largest absolute Gasteiger partial charge is 0.416 e. The van der Waals surface area contributed by atoms with E-state index in [1.165, 1.54) is 0 Å². The van der Waals surface area contributed by atoms with Crippen molar-refractivity contribution in [1.82, 2.24) is 4.90 Å². The number of fused-ring (bicyclic) bond motifs is 1. The minimum absolute atomic E-state index is 0.0000108. The highest BCUT2D eigenvalue weighted by Gasteiger charge is 2.38. The van der Waals surface area contributed by atoms with Crippen molar-refractivity contribution in [2.45, 2.75) is 23.7 Å².